The van der Waals surface area contributed by atoms with Crippen LogP contribution in [-0.4, -0.2) is 26.4 Å². The third-order valence-electron chi connectivity index (χ3n) is 0.676. The molecule has 0 radical (unpaired) electrons. The van der Waals surface area contributed by atoms with Gasteiger partial charge in [-0.1, -0.05) is 0 Å². The summed E-state index contributed by atoms with van der Waals surface area (Å²) >= 11 is 0. The Kier molecular flexibility index (Phi) is 4.50. The molecule has 0 aromatic heterocycles. The SMILES string of the molecule is CN=CC(C)NOC. The molecule has 48 valence electrons. The van der Waals surface area contributed by atoms with Crippen molar-refractivity contribution in [3.8, 4) is 0 Å². The van der Waals surface area contributed by atoms with E-state index >= 15 is 0 Å². The second-order valence-electron chi connectivity index (χ2n) is 1.52. The highest BCUT2D eigenvalue weighted by Gasteiger charge is 1.90. The van der Waals surface area contributed by atoms with Gasteiger partial charge in [0.15, 0.2) is 0 Å². The normalized spacial score (nSPS) is 14.9. The van der Waals surface area contributed by atoms with Crippen molar-refractivity contribution < 1.29 is 4.84 Å². The van der Waals surface area contributed by atoms with E-state index in [0.29, 0.717) is 0 Å². The molecule has 0 spiro atoms. The maximum atomic E-state index is 4.61. The van der Waals surface area contributed by atoms with Gasteiger partial charge < -0.3 is 4.84 Å². The largest absolute Gasteiger partial charge is 0.304 e. The van der Waals surface area contributed by atoms with E-state index in [2.05, 4.69) is 15.3 Å². The number of nitrogens with zero attached hydrogens (tertiary/aromatic N) is 1. The molecule has 0 aromatic carbocycles. The minimum atomic E-state index is 0.199. The van der Waals surface area contributed by atoms with Crippen LogP contribution in [0.2, 0.25) is 0 Å². The maximum absolute atomic E-state index is 4.61. The molecule has 0 aliphatic carbocycles. The van der Waals surface area contributed by atoms with E-state index in [1.165, 1.54) is 0 Å². The van der Waals surface area contributed by atoms with Gasteiger partial charge in [-0.15, -0.1) is 0 Å². The number of hydrogen-bond donors (Lipinski definition) is 1. The highest BCUT2D eigenvalue weighted by Crippen LogP contribution is 1.72. The molecule has 0 heterocycles. The van der Waals surface area contributed by atoms with Crippen LogP contribution < -0.4 is 5.48 Å². The Hall–Kier alpha value is -0.410. The molecule has 0 fully saturated rings. The van der Waals surface area contributed by atoms with E-state index < -0.39 is 0 Å². The summed E-state index contributed by atoms with van der Waals surface area (Å²) in [6.45, 7) is 1.95. The molecule has 0 saturated heterocycles. The molecule has 0 amide bonds. The number of aliphatic imine (C=N–C) groups is 1. The molecule has 3 nitrogen and oxygen atoms in total. The number of hydrogen-bond acceptors (Lipinski definition) is 3. The number of rotatable bonds is 3. The number of nitrogens with one attached hydrogen (secondary N) is 1. The Bertz CT molecular complexity index is 72.8. The van der Waals surface area contributed by atoms with Crippen molar-refractivity contribution in [2.45, 2.75) is 13.0 Å². The first-order chi connectivity index (χ1) is 3.81. The fourth-order valence-electron chi connectivity index (χ4n) is 0.440. The van der Waals surface area contributed by atoms with Crippen molar-refractivity contribution in [1.82, 2.24) is 5.48 Å². The Morgan fingerprint density at radius 2 is 2.38 bits per heavy atom. The summed E-state index contributed by atoms with van der Waals surface area (Å²) in [6, 6.07) is 0.199. The van der Waals surface area contributed by atoms with Gasteiger partial charge in [-0.2, -0.15) is 5.48 Å². The lowest BCUT2D eigenvalue weighted by Gasteiger charge is -2.02. The Morgan fingerprint density at radius 3 is 2.75 bits per heavy atom. The standard InChI is InChI=1S/C5H12N2O/c1-5(4-6-2)7-8-3/h4-5,7H,1-3H3. The van der Waals surface area contributed by atoms with Crippen LogP contribution in [0.5, 0.6) is 0 Å². The second kappa shape index (κ2) is 4.74. The molecule has 0 saturated carbocycles. The van der Waals surface area contributed by atoms with Crippen LogP contribution in [0.1, 0.15) is 6.92 Å². The van der Waals surface area contributed by atoms with Gasteiger partial charge in [-0.25, -0.2) is 0 Å². The zero-order chi connectivity index (χ0) is 6.41. The average molecular weight is 116 g/mol. The lowest BCUT2D eigenvalue weighted by atomic mass is 10.4. The third-order valence-corrected chi connectivity index (χ3v) is 0.676. The predicted molar refractivity (Wildman–Crippen MR) is 34.0 cm³/mol. The summed E-state index contributed by atoms with van der Waals surface area (Å²) in [6.07, 6.45) is 1.77. The highest BCUT2D eigenvalue weighted by atomic mass is 16.6. The average Bonchev–Trinajstić information content (AvgIpc) is 1.68. The molecule has 3 heteroatoms. The Balaban J connectivity index is 3.17. The lowest BCUT2D eigenvalue weighted by molar-refractivity contribution is 0.0839. The smallest absolute Gasteiger partial charge is 0.0641 e. The maximum Gasteiger partial charge on any atom is 0.0641 e. The van der Waals surface area contributed by atoms with Crippen molar-refractivity contribution in [3.05, 3.63) is 0 Å². The number of hydroxylamine groups is 1. The van der Waals surface area contributed by atoms with E-state index in [-0.39, 0.29) is 6.04 Å². The van der Waals surface area contributed by atoms with Crippen LogP contribution in [0.25, 0.3) is 0 Å². The van der Waals surface area contributed by atoms with Gasteiger partial charge in [0.05, 0.1) is 13.2 Å². The molecular formula is C5H12N2O. The lowest BCUT2D eigenvalue weighted by Crippen LogP contribution is -2.25. The zero-order valence-corrected chi connectivity index (χ0v) is 5.51. The van der Waals surface area contributed by atoms with Crippen molar-refractivity contribution in [2.24, 2.45) is 4.99 Å². The Morgan fingerprint density at radius 1 is 1.75 bits per heavy atom. The topological polar surface area (TPSA) is 33.6 Å². The highest BCUT2D eigenvalue weighted by molar-refractivity contribution is 5.63. The van der Waals surface area contributed by atoms with Crippen LogP contribution in [-0.2, 0) is 4.84 Å². The molecule has 1 N–H and O–H groups in total. The van der Waals surface area contributed by atoms with Gasteiger partial charge >= 0.3 is 0 Å². The fraction of sp³-hybridized carbons (Fsp3) is 0.800. The first kappa shape index (κ1) is 7.59. The fourth-order valence-corrected chi connectivity index (χ4v) is 0.440. The van der Waals surface area contributed by atoms with Gasteiger partial charge in [0.25, 0.3) is 0 Å². The van der Waals surface area contributed by atoms with Gasteiger partial charge in [0.1, 0.15) is 0 Å². The summed E-state index contributed by atoms with van der Waals surface area (Å²) in [5.41, 5.74) is 2.70. The molecule has 1 unspecified atom stereocenters. The van der Waals surface area contributed by atoms with Crippen molar-refractivity contribution in [2.75, 3.05) is 14.2 Å². The minimum Gasteiger partial charge on any atom is -0.304 e. The monoisotopic (exact) mass is 116 g/mol. The third kappa shape index (κ3) is 3.77. The summed E-state index contributed by atoms with van der Waals surface area (Å²) in [7, 11) is 3.31. The van der Waals surface area contributed by atoms with Crippen molar-refractivity contribution in [3.63, 3.8) is 0 Å². The van der Waals surface area contributed by atoms with Crippen LogP contribution >= 0.6 is 0 Å². The van der Waals surface area contributed by atoms with Gasteiger partial charge in [0, 0.05) is 13.3 Å². The molecule has 0 rings (SSSR count). The van der Waals surface area contributed by atoms with Crippen molar-refractivity contribution in [1.29, 1.82) is 0 Å². The van der Waals surface area contributed by atoms with Crippen LogP contribution in [0.15, 0.2) is 4.99 Å². The van der Waals surface area contributed by atoms with E-state index in [0.717, 1.165) is 0 Å². The van der Waals surface area contributed by atoms with E-state index in [4.69, 9.17) is 0 Å². The zero-order valence-electron chi connectivity index (χ0n) is 5.51. The quantitative estimate of drug-likeness (QED) is 0.423. The molecule has 8 heavy (non-hydrogen) atoms. The second-order valence-corrected chi connectivity index (χ2v) is 1.52. The predicted octanol–water partition coefficient (Wildman–Crippen LogP) is 0.226. The molecule has 1 atom stereocenters. The Labute approximate surface area is 49.7 Å². The van der Waals surface area contributed by atoms with E-state index in [1.54, 1.807) is 20.4 Å². The minimum absolute atomic E-state index is 0.199. The van der Waals surface area contributed by atoms with Gasteiger partial charge in [-0.3, -0.25) is 4.99 Å². The van der Waals surface area contributed by atoms with E-state index in [1.807, 2.05) is 6.92 Å². The first-order valence-electron chi connectivity index (χ1n) is 2.52. The summed E-state index contributed by atoms with van der Waals surface area (Å²) in [4.78, 5) is 8.40. The summed E-state index contributed by atoms with van der Waals surface area (Å²) in [5.74, 6) is 0. The summed E-state index contributed by atoms with van der Waals surface area (Å²) < 4.78 is 0. The van der Waals surface area contributed by atoms with Crippen molar-refractivity contribution >= 4 is 6.21 Å². The molecule has 0 bridgehead atoms. The van der Waals surface area contributed by atoms with Crippen LogP contribution in [0.4, 0.5) is 0 Å². The molecular weight excluding hydrogens is 104 g/mol. The molecule has 0 aromatic rings. The first-order valence-corrected chi connectivity index (χ1v) is 2.52. The molecule has 0 aliphatic heterocycles. The van der Waals surface area contributed by atoms with Crippen LogP contribution in [0.3, 0.4) is 0 Å². The van der Waals surface area contributed by atoms with E-state index in [9.17, 15) is 0 Å². The van der Waals surface area contributed by atoms with Gasteiger partial charge in [0.2, 0.25) is 0 Å². The van der Waals surface area contributed by atoms with Crippen LogP contribution in [0, 0.1) is 0 Å². The summed E-state index contributed by atoms with van der Waals surface area (Å²) in [5, 5.41) is 0. The molecule has 0 aliphatic rings. The van der Waals surface area contributed by atoms with Gasteiger partial charge in [-0.05, 0) is 6.92 Å².